The number of nitrogens with zero attached hydrogens (tertiary/aromatic N) is 4. The molecule has 1 atom stereocenters. The summed E-state index contributed by atoms with van der Waals surface area (Å²) in [6, 6.07) is 11.0. The highest BCUT2D eigenvalue weighted by atomic mass is 15.3. The normalized spacial score (nSPS) is 18.2. The zero-order chi connectivity index (χ0) is 18.2. The summed E-state index contributed by atoms with van der Waals surface area (Å²) in [4.78, 5) is 7.23. The lowest BCUT2D eigenvalue weighted by atomic mass is 10.1. The van der Waals surface area contributed by atoms with E-state index in [1.165, 1.54) is 30.5 Å². The molecule has 0 radical (unpaired) electrons. The van der Waals surface area contributed by atoms with Gasteiger partial charge in [0.1, 0.15) is 0 Å². The second-order valence-electron chi connectivity index (χ2n) is 6.83. The first-order valence-corrected chi connectivity index (χ1v) is 9.53. The molecule has 0 saturated carbocycles. The van der Waals surface area contributed by atoms with E-state index < -0.39 is 0 Å². The van der Waals surface area contributed by atoms with Gasteiger partial charge in [-0.3, -0.25) is 4.68 Å². The van der Waals surface area contributed by atoms with E-state index in [1.54, 1.807) is 0 Å². The Hall–Kier alpha value is -2.34. The molecule has 1 aliphatic heterocycles. The van der Waals surface area contributed by atoms with Gasteiger partial charge in [-0.25, -0.2) is 4.99 Å². The predicted octanol–water partition coefficient (Wildman–Crippen LogP) is 2.08. The number of aliphatic imine (C=N–C) groups is 1. The molecule has 2 N–H and O–H groups in total. The van der Waals surface area contributed by atoms with E-state index in [4.69, 9.17) is 4.99 Å². The smallest absolute Gasteiger partial charge is 0.191 e. The zero-order valence-corrected chi connectivity index (χ0v) is 15.9. The molecule has 0 amide bonds. The number of hydrogen-bond acceptors (Lipinski definition) is 3. The minimum atomic E-state index is 0.603. The maximum atomic E-state index is 4.81. The van der Waals surface area contributed by atoms with Crippen LogP contribution in [0.3, 0.4) is 0 Å². The predicted molar refractivity (Wildman–Crippen MR) is 106 cm³/mol. The van der Waals surface area contributed by atoms with Gasteiger partial charge in [0.05, 0.1) is 13.1 Å². The average molecular weight is 355 g/mol. The van der Waals surface area contributed by atoms with Gasteiger partial charge in [-0.2, -0.15) is 5.10 Å². The summed E-state index contributed by atoms with van der Waals surface area (Å²) >= 11 is 0. The van der Waals surface area contributed by atoms with E-state index in [0.717, 1.165) is 25.6 Å². The zero-order valence-electron chi connectivity index (χ0n) is 15.9. The van der Waals surface area contributed by atoms with Crippen molar-refractivity contribution in [2.24, 2.45) is 4.99 Å². The summed E-state index contributed by atoms with van der Waals surface area (Å²) in [5.74, 6) is 0.890. The lowest BCUT2D eigenvalue weighted by Gasteiger charge is -2.21. The Bertz CT molecular complexity index is 694. The molecule has 6 nitrogen and oxygen atoms in total. The Morgan fingerprint density at radius 3 is 2.77 bits per heavy atom. The largest absolute Gasteiger partial charge is 0.357 e. The van der Waals surface area contributed by atoms with Crippen LogP contribution in [0.15, 0.2) is 47.7 Å². The molecular formula is C20H30N6. The van der Waals surface area contributed by atoms with E-state index in [0.29, 0.717) is 12.6 Å². The molecule has 1 unspecified atom stereocenters. The number of likely N-dealkylation sites (N-methyl/N-ethyl adjacent to an activating group) is 1. The maximum Gasteiger partial charge on any atom is 0.191 e. The van der Waals surface area contributed by atoms with Crippen molar-refractivity contribution in [3.63, 3.8) is 0 Å². The number of hydrogen-bond donors (Lipinski definition) is 2. The van der Waals surface area contributed by atoms with Gasteiger partial charge in [-0.15, -0.1) is 0 Å². The molecule has 2 heterocycles. The second kappa shape index (κ2) is 9.38. The summed E-state index contributed by atoms with van der Waals surface area (Å²) in [5.41, 5.74) is 2.49. The van der Waals surface area contributed by atoms with Crippen molar-refractivity contribution in [1.82, 2.24) is 25.3 Å². The van der Waals surface area contributed by atoms with Crippen LogP contribution in [0.5, 0.6) is 0 Å². The molecule has 2 aromatic rings. The molecule has 1 fully saturated rings. The van der Waals surface area contributed by atoms with Gasteiger partial charge in [0, 0.05) is 31.5 Å². The van der Waals surface area contributed by atoms with Gasteiger partial charge in [0.15, 0.2) is 5.96 Å². The molecule has 0 bridgehead atoms. The van der Waals surface area contributed by atoms with Crippen molar-refractivity contribution in [2.75, 3.05) is 26.7 Å². The van der Waals surface area contributed by atoms with E-state index in [-0.39, 0.29) is 0 Å². The van der Waals surface area contributed by atoms with Crippen LogP contribution in [-0.4, -0.2) is 53.4 Å². The van der Waals surface area contributed by atoms with Crippen molar-refractivity contribution >= 4 is 5.96 Å². The van der Waals surface area contributed by atoms with Crippen LogP contribution in [0.1, 0.15) is 30.9 Å². The molecular weight excluding hydrogens is 324 g/mol. The van der Waals surface area contributed by atoms with E-state index in [1.807, 2.05) is 23.1 Å². The van der Waals surface area contributed by atoms with Crippen molar-refractivity contribution in [3.05, 3.63) is 53.9 Å². The first-order valence-electron chi connectivity index (χ1n) is 9.53. The third kappa shape index (κ3) is 5.08. The number of guanidine groups is 1. The van der Waals surface area contributed by atoms with Crippen molar-refractivity contribution in [3.8, 4) is 0 Å². The average Bonchev–Trinajstić information content (AvgIpc) is 3.30. The Morgan fingerprint density at radius 2 is 2.08 bits per heavy atom. The topological polar surface area (TPSA) is 57.5 Å². The van der Waals surface area contributed by atoms with Crippen molar-refractivity contribution in [1.29, 1.82) is 0 Å². The van der Waals surface area contributed by atoms with Gasteiger partial charge in [0.25, 0.3) is 0 Å². The van der Waals surface area contributed by atoms with Crippen LogP contribution in [0.4, 0.5) is 0 Å². The van der Waals surface area contributed by atoms with Gasteiger partial charge in [0.2, 0.25) is 0 Å². The fraction of sp³-hybridized carbons (Fsp3) is 0.500. The lowest BCUT2D eigenvalue weighted by Crippen LogP contribution is -2.44. The molecule has 1 aliphatic rings. The van der Waals surface area contributed by atoms with E-state index >= 15 is 0 Å². The quantitative estimate of drug-likeness (QED) is 0.590. The molecule has 140 valence electrons. The van der Waals surface area contributed by atoms with Crippen molar-refractivity contribution in [2.45, 2.75) is 38.9 Å². The summed E-state index contributed by atoms with van der Waals surface area (Å²) in [6.07, 6.45) is 6.35. The number of aromatic nitrogens is 2. The number of nitrogens with one attached hydrogen (secondary N) is 2. The third-order valence-corrected chi connectivity index (χ3v) is 4.94. The maximum absolute atomic E-state index is 4.81. The summed E-state index contributed by atoms with van der Waals surface area (Å²) in [6.45, 7) is 6.53. The monoisotopic (exact) mass is 354 g/mol. The van der Waals surface area contributed by atoms with E-state index in [9.17, 15) is 0 Å². The van der Waals surface area contributed by atoms with Gasteiger partial charge < -0.3 is 15.5 Å². The second-order valence-corrected chi connectivity index (χ2v) is 6.83. The molecule has 1 aromatic heterocycles. The summed E-state index contributed by atoms with van der Waals surface area (Å²) in [7, 11) is 2.20. The Labute approximate surface area is 156 Å². The third-order valence-electron chi connectivity index (χ3n) is 4.94. The van der Waals surface area contributed by atoms with Crippen LogP contribution < -0.4 is 10.6 Å². The Kier molecular flexibility index (Phi) is 6.66. The Balaban J connectivity index is 1.63. The molecule has 0 aliphatic carbocycles. The van der Waals surface area contributed by atoms with Gasteiger partial charge in [-0.1, -0.05) is 24.3 Å². The van der Waals surface area contributed by atoms with Gasteiger partial charge >= 0.3 is 0 Å². The minimum absolute atomic E-state index is 0.603. The molecule has 0 spiro atoms. The number of benzene rings is 1. The fourth-order valence-electron chi connectivity index (χ4n) is 3.39. The minimum Gasteiger partial charge on any atom is -0.357 e. The van der Waals surface area contributed by atoms with Crippen LogP contribution in [-0.2, 0) is 13.1 Å². The number of rotatable bonds is 7. The number of likely N-dealkylation sites (tertiary alicyclic amines) is 1. The first-order chi connectivity index (χ1) is 12.8. The fourth-order valence-corrected chi connectivity index (χ4v) is 3.39. The van der Waals surface area contributed by atoms with Crippen LogP contribution >= 0.6 is 0 Å². The van der Waals surface area contributed by atoms with Crippen LogP contribution in [0.2, 0.25) is 0 Å². The molecule has 3 rings (SSSR count). The highest BCUT2D eigenvalue weighted by molar-refractivity contribution is 5.79. The highest BCUT2D eigenvalue weighted by Gasteiger charge is 2.20. The molecule has 1 aromatic carbocycles. The Morgan fingerprint density at radius 1 is 1.23 bits per heavy atom. The lowest BCUT2D eigenvalue weighted by molar-refractivity contribution is 0.309. The first kappa shape index (κ1) is 18.5. The molecule has 6 heteroatoms. The summed E-state index contributed by atoms with van der Waals surface area (Å²) in [5, 5.41) is 11.2. The highest BCUT2D eigenvalue weighted by Crippen LogP contribution is 2.14. The van der Waals surface area contributed by atoms with Gasteiger partial charge in [-0.05, 0) is 50.6 Å². The van der Waals surface area contributed by atoms with Crippen LogP contribution in [0.25, 0.3) is 0 Å². The molecule has 26 heavy (non-hydrogen) atoms. The molecule has 1 saturated heterocycles. The standard InChI is InChI=1S/C20H30N6/c1-3-21-20(23-15-19-10-6-12-25(19)2)22-14-17-8-4-5-9-18(17)16-26-13-7-11-24-26/h4-5,7-9,11,13,19H,3,6,10,12,14-16H2,1-2H3,(H2,21,22,23). The summed E-state index contributed by atoms with van der Waals surface area (Å²) < 4.78 is 1.95. The van der Waals surface area contributed by atoms with Crippen molar-refractivity contribution < 1.29 is 0 Å². The SMILES string of the molecule is CCNC(=NCc1ccccc1Cn1cccn1)NCC1CCCN1C. The van der Waals surface area contributed by atoms with E-state index in [2.05, 4.69) is 58.9 Å². The van der Waals surface area contributed by atoms with Crippen LogP contribution in [0, 0.1) is 0 Å².